The zero-order chi connectivity index (χ0) is 13.8. The Kier molecular flexibility index (Phi) is 4.56. The number of rotatable bonds is 4. The predicted molar refractivity (Wildman–Crippen MR) is 77.7 cm³/mol. The van der Waals surface area contributed by atoms with E-state index in [9.17, 15) is 4.39 Å². The van der Waals surface area contributed by atoms with Crippen LogP contribution in [-0.2, 0) is 0 Å². The average molecular weight is 324 g/mol. The summed E-state index contributed by atoms with van der Waals surface area (Å²) in [7, 11) is 0. The summed E-state index contributed by atoms with van der Waals surface area (Å²) in [6.07, 6.45) is -0.294. The molecule has 2 rings (SSSR count). The normalized spacial score (nSPS) is 12.2. The number of hydrogen-bond donors (Lipinski definition) is 1. The number of halogens is 2. The van der Waals surface area contributed by atoms with Crippen LogP contribution in [0.3, 0.4) is 0 Å². The molecule has 4 heteroatoms. The van der Waals surface area contributed by atoms with Crippen LogP contribution >= 0.6 is 15.9 Å². The molecular formula is C15H15BrFNO. The molecule has 2 N–H and O–H groups in total. The van der Waals surface area contributed by atoms with Crippen molar-refractivity contribution < 1.29 is 9.13 Å². The van der Waals surface area contributed by atoms with Gasteiger partial charge < -0.3 is 10.5 Å². The van der Waals surface area contributed by atoms with Crippen LogP contribution in [0.5, 0.6) is 5.75 Å². The fraction of sp³-hybridized carbons (Fsp3) is 0.200. The van der Waals surface area contributed by atoms with E-state index in [1.165, 1.54) is 12.1 Å². The van der Waals surface area contributed by atoms with Gasteiger partial charge in [-0.05, 0) is 40.5 Å². The van der Waals surface area contributed by atoms with Crippen LogP contribution in [0.25, 0.3) is 0 Å². The molecule has 0 saturated heterocycles. The first-order chi connectivity index (χ1) is 9.10. The Morgan fingerprint density at radius 2 is 2.05 bits per heavy atom. The molecule has 2 aromatic carbocycles. The smallest absolute Gasteiger partial charge is 0.137 e. The number of hydrogen-bond acceptors (Lipinski definition) is 2. The minimum absolute atomic E-state index is 0.294. The summed E-state index contributed by atoms with van der Waals surface area (Å²) in [6, 6.07) is 12.3. The summed E-state index contributed by atoms with van der Waals surface area (Å²) in [5, 5.41) is 0. The van der Waals surface area contributed by atoms with Gasteiger partial charge in [0, 0.05) is 12.6 Å². The second-order valence-corrected chi connectivity index (χ2v) is 5.19. The van der Waals surface area contributed by atoms with E-state index < -0.39 is 0 Å². The monoisotopic (exact) mass is 323 g/mol. The molecule has 0 aliphatic carbocycles. The third-order valence-corrected chi connectivity index (χ3v) is 3.45. The molecule has 0 aliphatic rings. The van der Waals surface area contributed by atoms with Gasteiger partial charge in [0.25, 0.3) is 0 Å². The molecule has 1 atom stereocenters. The third-order valence-electron chi connectivity index (χ3n) is 2.79. The SMILES string of the molecule is Cc1cccc(C(CN)Oc2cc(F)ccc2Br)c1. The van der Waals surface area contributed by atoms with Gasteiger partial charge in [-0.3, -0.25) is 0 Å². The summed E-state index contributed by atoms with van der Waals surface area (Å²) in [4.78, 5) is 0. The molecule has 2 nitrogen and oxygen atoms in total. The van der Waals surface area contributed by atoms with Gasteiger partial charge in [0.2, 0.25) is 0 Å². The van der Waals surface area contributed by atoms with E-state index >= 15 is 0 Å². The van der Waals surface area contributed by atoms with Crippen LogP contribution in [0.1, 0.15) is 17.2 Å². The molecule has 0 aliphatic heterocycles. The lowest BCUT2D eigenvalue weighted by Crippen LogP contribution is -2.18. The molecule has 0 saturated carbocycles. The largest absolute Gasteiger partial charge is 0.483 e. The zero-order valence-corrected chi connectivity index (χ0v) is 12.2. The molecule has 100 valence electrons. The van der Waals surface area contributed by atoms with Crippen molar-refractivity contribution in [1.82, 2.24) is 0 Å². The molecule has 0 heterocycles. The summed E-state index contributed by atoms with van der Waals surface area (Å²) in [6.45, 7) is 2.33. The van der Waals surface area contributed by atoms with Gasteiger partial charge in [-0.25, -0.2) is 4.39 Å². The standard InChI is InChI=1S/C15H15BrFNO/c1-10-3-2-4-11(7-10)15(9-18)19-14-8-12(17)5-6-13(14)16/h2-8,15H,9,18H2,1H3. The van der Waals surface area contributed by atoms with Crippen molar-refractivity contribution in [1.29, 1.82) is 0 Å². The van der Waals surface area contributed by atoms with Gasteiger partial charge >= 0.3 is 0 Å². The van der Waals surface area contributed by atoms with E-state index in [0.717, 1.165) is 11.1 Å². The Bertz CT molecular complexity index is 574. The lowest BCUT2D eigenvalue weighted by molar-refractivity contribution is 0.212. The summed E-state index contributed by atoms with van der Waals surface area (Å²) >= 11 is 3.34. The van der Waals surface area contributed by atoms with Gasteiger partial charge in [-0.2, -0.15) is 0 Å². The van der Waals surface area contributed by atoms with Crippen LogP contribution < -0.4 is 10.5 Å². The van der Waals surface area contributed by atoms with Crippen molar-refractivity contribution in [2.24, 2.45) is 5.73 Å². The first-order valence-electron chi connectivity index (χ1n) is 5.98. The van der Waals surface area contributed by atoms with E-state index in [1.807, 2.05) is 31.2 Å². The minimum atomic E-state index is -0.335. The molecule has 0 radical (unpaired) electrons. The van der Waals surface area contributed by atoms with Crippen LogP contribution in [-0.4, -0.2) is 6.54 Å². The zero-order valence-electron chi connectivity index (χ0n) is 10.6. The van der Waals surface area contributed by atoms with Gasteiger partial charge in [0.1, 0.15) is 17.7 Å². The molecular weight excluding hydrogens is 309 g/mol. The molecule has 0 bridgehead atoms. The van der Waals surface area contributed by atoms with E-state index in [4.69, 9.17) is 10.5 Å². The Labute approximate surface area is 120 Å². The maximum atomic E-state index is 13.2. The predicted octanol–water partition coefficient (Wildman–Crippen LogP) is 3.98. The van der Waals surface area contributed by atoms with Crippen LogP contribution in [0, 0.1) is 12.7 Å². The summed E-state index contributed by atoms with van der Waals surface area (Å²) in [5.41, 5.74) is 7.88. The number of aryl methyl sites for hydroxylation is 1. The molecule has 2 aromatic rings. The van der Waals surface area contributed by atoms with Crippen molar-refractivity contribution >= 4 is 15.9 Å². The molecule has 19 heavy (non-hydrogen) atoms. The summed E-state index contributed by atoms with van der Waals surface area (Å²) < 4.78 is 19.7. The molecule has 0 amide bonds. The molecule has 1 unspecified atom stereocenters. The third kappa shape index (κ3) is 3.55. The van der Waals surface area contributed by atoms with E-state index in [1.54, 1.807) is 6.07 Å². The van der Waals surface area contributed by atoms with Gasteiger partial charge in [0.05, 0.1) is 4.47 Å². The lowest BCUT2D eigenvalue weighted by Gasteiger charge is -2.19. The fourth-order valence-electron chi connectivity index (χ4n) is 1.84. The second-order valence-electron chi connectivity index (χ2n) is 4.33. The highest BCUT2D eigenvalue weighted by molar-refractivity contribution is 9.10. The Morgan fingerprint density at radius 1 is 1.26 bits per heavy atom. The van der Waals surface area contributed by atoms with E-state index in [2.05, 4.69) is 15.9 Å². The Morgan fingerprint density at radius 3 is 2.74 bits per heavy atom. The highest BCUT2D eigenvalue weighted by atomic mass is 79.9. The number of nitrogens with two attached hydrogens (primary N) is 1. The first kappa shape index (κ1) is 14.0. The molecule has 0 aromatic heterocycles. The maximum Gasteiger partial charge on any atom is 0.137 e. The summed E-state index contributed by atoms with van der Waals surface area (Å²) in [5.74, 6) is 0.121. The van der Waals surface area contributed by atoms with Gasteiger partial charge in [-0.15, -0.1) is 0 Å². The van der Waals surface area contributed by atoms with Crippen LogP contribution in [0.15, 0.2) is 46.9 Å². The fourth-order valence-corrected chi connectivity index (χ4v) is 2.18. The molecule has 0 fully saturated rings. The highest BCUT2D eigenvalue weighted by Gasteiger charge is 2.14. The number of benzene rings is 2. The second kappa shape index (κ2) is 6.17. The van der Waals surface area contributed by atoms with Gasteiger partial charge in [-0.1, -0.05) is 29.8 Å². The van der Waals surface area contributed by atoms with Crippen molar-refractivity contribution in [2.75, 3.05) is 6.54 Å². The first-order valence-corrected chi connectivity index (χ1v) is 6.78. The highest BCUT2D eigenvalue weighted by Crippen LogP contribution is 2.30. The van der Waals surface area contributed by atoms with Crippen molar-refractivity contribution in [3.05, 3.63) is 63.9 Å². The lowest BCUT2D eigenvalue weighted by atomic mass is 10.1. The minimum Gasteiger partial charge on any atom is -0.483 e. The van der Waals surface area contributed by atoms with Crippen LogP contribution in [0.2, 0.25) is 0 Å². The topological polar surface area (TPSA) is 35.2 Å². The van der Waals surface area contributed by atoms with Crippen molar-refractivity contribution in [2.45, 2.75) is 13.0 Å². The Balaban J connectivity index is 2.26. The Hall–Kier alpha value is -1.39. The quantitative estimate of drug-likeness (QED) is 0.923. The van der Waals surface area contributed by atoms with Gasteiger partial charge in [0.15, 0.2) is 0 Å². The maximum absolute atomic E-state index is 13.2. The average Bonchev–Trinajstić information content (AvgIpc) is 2.39. The van der Waals surface area contributed by atoms with Crippen molar-refractivity contribution in [3.8, 4) is 5.75 Å². The van der Waals surface area contributed by atoms with Crippen molar-refractivity contribution in [3.63, 3.8) is 0 Å². The van der Waals surface area contributed by atoms with Crippen LogP contribution in [0.4, 0.5) is 4.39 Å². The number of ether oxygens (including phenoxy) is 1. The molecule has 0 spiro atoms. The van der Waals surface area contributed by atoms with E-state index in [0.29, 0.717) is 16.8 Å². The van der Waals surface area contributed by atoms with E-state index in [-0.39, 0.29) is 11.9 Å².